The van der Waals surface area contributed by atoms with Crippen molar-refractivity contribution in [3.63, 3.8) is 0 Å². The average molecular weight is 704 g/mol. The number of hydrogen-bond donors (Lipinski definition) is 3. The van der Waals surface area contributed by atoms with E-state index in [1.807, 2.05) is 0 Å². The van der Waals surface area contributed by atoms with Crippen LogP contribution in [0.2, 0.25) is 0 Å². The van der Waals surface area contributed by atoms with E-state index in [-0.39, 0.29) is 24.9 Å². The summed E-state index contributed by atoms with van der Waals surface area (Å²) < 4.78 is 5.86. The first-order valence-corrected chi connectivity index (χ1v) is 21.2. The largest absolute Gasteiger partial charge is 0.462 e. The molecule has 0 aliphatic carbocycles. The van der Waals surface area contributed by atoms with Crippen LogP contribution in [0.4, 0.5) is 0 Å². The number of hydrogen-bond acceptors (Lipinski definition) is 5. The molecular weight excluding hydrogens is 622 g/mol. The highest BCUT2D eigenvalue weighted by Gasteiger charge is 2.24. The van der Waals surface area contributed by atoms with Crippen molar-refractivity contribution in [3.8, 4) is 0 Å². The van der Waals surface area contributed by atoms with Crippen LogP contribution in [0.3, 0.4) is 0 Å². The number of aliphatic hydroxyl groups excluding tert-OH is 2. The molecule has 0 rings (SSSR count). The zero-order valence-electron chi connectivity index (χ0n) is 33.0. The van der Waals surface area contributed by atoms with Gasteiger partial charge in [-0.25, -0.2) is 0 Å². The van der Waals surface area contributed by atoms with E-state index in [0.717, 1.165) is 77.0 Å². The maximum atomic E-state index is 13.0. The van der Waals surface area contributed by atoms with Gasteiger partial charge in [-0.3, -0.25) is 9.59 Å². The Labute approximate surface area is 309 Å². The van der Waals surface area contributed by atoms with E-state index in [9.17, 15) is 19.8 Å². The molecule has 3 N–H and O–H groups in total. The van der Waals surface area contributed by atoms with Gasteiger partial charge in [-0.05, 0) is 57.8 Å². The minimum absolute atomic E-state index is 0.0537. The summed E-state index contributed by atoms with van der Waals surface area (Å²) in [6.45, 7) is 6.30. The lowest BCUT2D eigenvalue weighted by Crippen LogP contribution is -2.46. The van der Waals surface area contributed by atoms with Crippen LogP contribution in [0.1, 0.15) is 207 Å². The van der Waals surface area contributed by atoms with Gasteiger partial charge in [-0.1, -0.05) is 173 Å². The molecule has 6 nitrogen and oxygen atoms in total. The summed E-state index contributed by atoms with van der Waals surface area (Å²) in [5.74, 6) is -0.515. The van der Waals surface area contributed by atoms with E-state index in [1.54, 1.807) is 0 Å². The molecule has 0 heterocycles. The highest BCUT2D eigenvalue weighted by Crippen LogP contribution is 2.17. The molecule has 292 valence electrons. The van der Waals surface area contributed by atoms with Crippen LogP contribution in [-0.4, -0.2) is 46.9 Å². The minimum Gasteiger partial charge on any atom is -0.462 e. The number of unbranched alkanes of at least 4 members (excludes halogenated alkanes) is 19. The van der Waals surface area contributed by atoms with Crippen LogP contribution in [0.5, 0.6) is 0 Å². The van der Waals surface area contributed by atoms with Crippen molar-refractivity contribution in [1.29, 1.82) is 0 Å². The third kappa shape index (κ3) is 33.2. The standard InChI is InChI=1S/C44H81NO5/c1-4-7-10-13-16-19-21-22-24-26-29-32-35-40(50-44(49)37-34-31-28-25-20-17-14-11-8-5-2)38-43(48)45-41(39-46)42(47)36-33-30-27-23-18-15-12-9-6-3/h7,10,16,19,22,24,40-42,46-47H,4-6,8-9,11-15,17-18,20-21,23,25-39H2,1-3H3,(H,45,48)/b10-7+,19-16+,24-22+. The number of carbonyl (C=O) groups is 2. The van der Waals surface area contributed by atoms with Crippen LogP contribution in [0, 0.1) is 0 Å². The Morgan fingerprint density at radius 3 is 1.62 bits per heavy atom. The Kier molecular flexibility index (Phi) is 36.8. The number of carbonyl (C=O) groups excluding carboxylic acids is 2. The topological polar surface area (TPSA) is 95.9 Å². The lowest BCUT2D eigenvalue weighted by molar-refractivity contribution is -0.151. The second-order valence-electron chi connectivity index (χ2n) is 14.4. The van der Waals surface area contributed by atoms with Crippen molar-refractivity contribution >= 4 is 11.9 Å². The molecule has 0 spiro atoms. The fourth-order valence-electron chi connectivity index (χ4n) is 6.27. The highest BCUT2D eigenvalue weighted by atomic mass is 16.5. The molecule has 6 heteroatoms. The SMILES string of the molecule is CC/C=C/C/C=C/C/C=C/CCCCC(CC(=O)NC(CO)C(O)CCCCCCCCCCC)OC(=O)CCCCCCCCCCCC. The second kappa shape index (κ2) is 38.3. The number of allylic oxidation sites excluding steroid dienone is 6. The maximum Gasteiger partial charge on any atom is 0.306 e. The van der Waals surface area contributed by atoms with E-state index in [0.29, 0.717) is 19.3 Å². The third-order valence-electron chi connectivity index (χ3n) is 9.48. The predicted molar refractivity (Wildman–Crippen MR) is 213 cm³/mol. The van der Waals surface area contributed by atoms with Crippen molar-refractivity contribution < 1.29 is 24.5 Å². The molecule has 0 aliphatic heterocycles. The van der Waals surface area contributed by atoms with Gasteiger partial charge >= 0.3 is 5.97 Å². The summed E-state index contributed by atoms with van der Waals surface area (Å²) in [5.41, 5.74) is 0. The number of ether oxygens (including phenoxy) is 1. The second-order valence-corrected chi connectivity index (χ2v) is 14.4. The van der Waals surface area contributed by atoms with Gasteiger partial charge in [0, 0.05) is 6.42 Å². The van der Waals surface area contributed by atoms with Crippen molar-refractivity contribution in [2.24, 2.45) is 0 Å². The molecule has 50 heavy (non-hydrogen) atoms. The van der Waals surface area contributed by atoms with E-state index < -0.39 is 18.2 Å². The summed E-state index contributed by atoms with van der Waals surface area (Å²) in [6.07, 6.45) is 42.1. The first kappa shape index (κ1) is 48.1. The summed E-state index contributed by atoms with van der Waals surface area (Å²) >= 11 is 0. The van der Waals surface area contributed by atoms with Crippen LogP contribution in [0.25, 0.3) is 0 Å². The summed E-state index contributed by atoms with van der Waals surface area (Å²) in [4.78, 5) is 25.8. The molecule has 0 radical (unpaired) electrons. The number of rotatable bonds is 37. The van der Waals surface area contributed by atoms with E-state index in [2.05, 4.69) is 62.5 Å². The first-order chi connectivity index (χ1) is 24.5. The lowest BCUT2D eigenvalue weighted by atomic mass is 10.0. The fourth-order valence-corrected chi connectivity index (χ4v) is 6.27. The van der Waals surface area contributed by atoms with E-state index >= 15 is 0 Å². The smallest absolute Gasteiger partial charge is 0.306 e. The van der Waals surface area contributed by atoms with Crippen LogP contribution in [0.15, 0.2) is 36.5 Å². The lowest BCUT2D eigenvalue weighted by Gasteiger charge is -2.24. The van der Waals surface area contributed by atoms with Gasteiger partial charge in [-0.2, -0.15) is 0 Å². The summed E-state index contributed by atoms with van der Waals surface area (Å²) in [5, 5.41) is 23.5. The molecule has 0 aromatic heterocycles. The first-order valence-electron chi connectivity index (χ1n) is 21.2. The number of nitrogens with one attached hydrogen (secondary N) is 1. The number of amides is 1. The summed E-state index contributed by atoms with van der Waals surface area (Å²) in [6, 6.07) is -0.707. The zero-order chi connectivity index (χ0) is 36.8. The van der Waals surface area contributed by atoms with Gasteiger partial charge in [0.15, 0.2) is 0 Å². The molecule has 3 unspecified atom stereocenters. The number of aliphatic hydroxyl groups is 2. The van der Waals surface area contributed by atoms with Gasteiger partial charge in [0.25, 0.3) is 0 Å². The maximum absolute atomic E-state index is 13.0. The Hall–Kier alpha value is -1.92. The summed E-state index contributed by atoms with van der Waals surface area (Å²) in [7, 11) is 0. The van der Waals surface area contributed by atoms with Gasteiger partial charge in [0.05, 0.1) is 25.2 Å². The van der Waals surface area contributed by atoms with Crippen LogP contribution >= 0.6 is 0 Å². The molecular formula is C44H81NO5. The van der Waals surface area contributed by atoms with Crippen molar-refractivity contribution in [2.75, 3.05) is 6.61 Å². The minimum atomic E-state index is -0.791. The van der Waals surface area contributed by atoms with Gasteiger partial charge in [-0.15, -0.1) is 0 Å². The van der Waals surface area contributed by atoms with Gasteiger partial charge in [0.1, 0.15) is 6.10 Å². The molecule has 1 amide bonds. The number of esters is 1. The molecule has 0 bridgehead atoms. The molecule has 0 aliphatic rings. The predicted octanol–water partition coefficient (Wildman–Crippen LogP) is 11.8. The van der Waals surface area contributed by atoms with Gasteiger partial charge < -0.3 is 20.3 Å². The molecule has 0 saturated carbocycles. The van der Waals surface area contributed by atoms with Crippen molar-refractivity contribution in [2.45, 2.75) is 225 Å². The van der Waals surface area contributed by atoms with Gasteiger partial charge in [0.2, 0.25) is 5.91 Å². The van der Waals surface area contributed by atoms with E-state index in [4.69, 9.17) is 4.74 Å². The van der Waals surface area contributed by atoms with Crippen molar-refractivity contribution in [1.82, 2.24) is 5.32 Å². The van der Waals surface area contributed by atoms with Crippen LogP contribution in [-0.2, 0) is 14.3 Å². The van der Waals surface area contributed by atoms with Crippen LogP contribution < -0.4 is 5.32 Å². The monoisotopic (exact) mass is 704 g/mol. The molecule has 3 atom stereocenters. The van der Waals surface area contributed by atoms with E-state index in [1.165, 1.54) is 83.5 Å². The Balaban J connectivity index is 4.68. The Morgan fingerprint density at radius 1 is 0.600 bits per heavy atom. The van der Waals surface area contributed by atoms with Crippen molar-refractivity contribution in [3.05, 3.63) is 36.5 Å². The molecule has 0 aromatic carbocycles. The zero-order valence-corrected chi connectivity index (χ0v) is 33.0. The highest BCUT2D eigenvalue weighted by molar-refractivity contribution is 5.77. The normalized spacial score (nSPS) is 13.8. The Bertz CT molecular complexity index is 838. The molecule has 0 saturated heterocycles. The fraction of sp³-hybridized carbons (Fsp3) is 0.818. The molecule has 0 aromatic rings. The molecule has 0 fully saturated rings. The quantitative estimate of drug-likeness (QED) is 0.0340. The Morgan fingerprint density at radius 2 is 1.08 bits per heavy atom. The third-order valence-corrected chi connectivity index (χ3v) is 9.48. The average Bonchev–Trinajstić information content (AvgIpc) is 3.10.